The third kappa shape index (κ3) is 4.13. The van der Waals surface area contributed by atoms with Gasteiger partial charge in [0.2, 0.25) is 0 Å². The van der Waals surface area contributed by atoms with Crippen LogP contribution in [0.3, 0.4) is 0 Å². The van der Waals surface area contributed by atoms with E-state index in [1.165, 1.54) is 0 Å². The molecule has 0 radical (unpaired) electrons. The molecule has 0 rings (SSSR count). The highest BCUT2D eigenvalue weighted by molar-refractivity contribution is 5.88. The minimum Gasteiger partial charge on any atom is -0.463 e. The zero-order valence-corrected chi connectivity index (χ0v) is 6.33. The summed E-state index contributed by atoms with van der Waals surface area (Å²) in [5.41, 5.74) is 0.138. The Morgan fingerprint density at radius 1 is 1.64 bits per heavy atom. The monoisotopic (exact) mass is 158 g/mol. The number of esters is 1. The van der Waals surface area contributed by atoms with Crippen LogP contribution in [-0.4, -0.2) is 25.7 Å². The van der Waals surface area contributed by atoms with Crippen molar-refractivity contribution in [1.29, 1.82) is 0 Å². The van der Waals surface area contributed by atoms with Gasteiger partial charge in [0.1, 0.15) is 6.61 Å². The van der Waals surface area contributed by atoms with Crippen molar-refractivity contribution >= 4 is 12.4 Å². The second-order valence-electron chi connectivity index (χ2n) is 1.73. The fraction of sp³-hybridized carbons (Fsp3) is 0.429. The first kappa shape index (κ1) is 9.68. The van der Waals surface area contributed by atoms with E-state index < -0.39 is 5.97 Å². The third-order valence-corrected chi connectivity index (χ3v) is 0.890. The predicted octanol–water partition coefficient (Wildman–Crippen LogP) is 0.279. The van der Waals surface area contributed by atoms with E-state index in [1.807, 2.05) is 0 Å². The van der Waals surface area contributed by atoms with E-state index in [2.05, 4.69) is 16.1 Å². The van der Waals surface area contributed by atoms with Crippen LogP contribution in [0.15, 0.2) is 12.2 Å². The van der Waals surface area contributed by atoms with Gasteiger partial charge in [-0.25, -0.2) is 4.79 Å². The van der Waals surface area contributed by atoms with Gasteiger partial charge in [-0.05, 0) is 6.92 Å². The Hall–Kier alpha value is -1.32. The van der Waals surface area contributed by atoms with E-state index in [0.717, 1.165) is 0 Å². The summed E-state index contributed by atoms with van der Waals surface area (Å²) in [6.07, 6.45) is 0. The fourth-order valence-electron chi connectivity index (χ4n) is 0.427. The zero-order chi connectivity index (χ0) is 8.69. The van der Waals surface area contributed by atoms with Crippen molar-refractivity contribution in [3.05, 3.63) is 12.2 Å². The van der Waals surface area contributed by atoms with Crippen LogP contribution in [0.4, 0.5) is 0 Å². The topological polar surface area (TPSA) is 52.6 Å². The molecule has 0 N–H and O–H groups in total. The van der Waals surface area contributed by atoms with Crippen LogP contribution in [0, 0.1) is 0 Å². The van der Waals surface area contributed by atoms with Crippen LogP contribution in [0.2, 0.25) is 0 Å². The molecular formula is C7H10O4. The predicted molar refractivity (Wildman–Crippen MR) is 37.8 cm³/mol. The summed E-state index contributed by atoms with van der Waals surface area (Å²) in [6, 6.07) is 0. The highest BCUT2D eigenvalue weighted by Crippen LogP contribution is 1.94. The van der Waals surface area contributed by atoms with E-state index in [-0.39, 0.29) is 18.7 Å². The molecule has 0 aromatic carbocycles. The highest BCUT2D eigenvalue weighted by Gasteiger charge is 2.06. The average Bonchev–Trinajstić information content (AvgIpc) is 2.00. The Morgan fingerprint density at radius 3 is 2.73 bits per heavy atom. The van der Waals surface area contributed by atoms with Gasteiger partial charge in [0, 0.05) is 0 Å². The number of rotatable bonds is 5. The minimum absolute atomic E-state index is 0.109. The molecule has 0 fully saturated rings. The molecule has 0 aromatic rings. The molecule has 4 nitrogen and oxygen atoms in total. The smallest absolute Gasteiger partial charge is 0.336 e. The van der Waals surface area contributed by atoms with Gasteiger partial charge >= 0.3 is 5.97 Å². The maximum Gasteiger partial charge on any atom is 0.336 e. The minimum atomic E-state index is -0.533. The van der Waals surface area contributed by atoms with Crippen molar-refractivity contribution in [2.75, 3.05) is 13.2 Å². The highest BCUT2D eigenvalue weighted by atomic mass is 16.5. The molecule has 0 amide bonds. The summed E-state index contributed by atoms with van der Waals surface area (Å²) in [6.45, 7) is 5.47. The first-order valence-corrected chi connectivity index (χ1v) is 3.12. The van der Waals surface area contributed by atoms with Crippen LogP contribution in [0.1, 0.15) is 6.92 Å². The zero-order valence-electron chi connectivity index (χ0n) is 6.33. The van der Waals surface area contributed by atoms with Gasteiger partial charge in [0.05, 0.1) is 12.2 Å². The Kier molecular flexibility index (Phi) is 4.81. The first-order chi connectivity index (χ1) is 5.22. The molecule has 0 aliphatic carbocycles. The van der Waals surface area contributed by atoms with Crippen LogP contribution in [0.25, 0.3) is 0 Å². The molecule has 0 unspecified atom stereocenters. The van der Waals surface area contributed by atoms with E-state index in [0.29, 0.717) is 6.61 Å². The fourth-order valence-corrected chi connectivity index (χ4v) is 0.427. The molecule has 0 spiro atoms. The van der Waals surface area contributed by atoms with Crippen molar-refractivity contribution in [3.63, 3.8) is 0 Å². The Labute approximate surface area is 64.8 Å². The number of carbonyl (C=O) groups excluding carboxylic acids is 2. The lowest BCUT2D eigenvalue weighted by molar-refractivity contribution is -0.139. The Bertz CT molecular complexity index is 162. The lowest BCUT2D eigenvalue weighted by atomic mass is 10.3. The van der Waals surface area contributed by atoms with Crippen LogP contribution in [0.5, 0.6) is 0 Å². The SMILES string of the molecule is C=C(COC=O)C(=O)OCC. The lowest BCUT2D eigenvalue weighted by Gasteiger charge is -2.02. The van der Waals surface area contributed by atoms with E-state index >= 15 is 0 Å². The summed E-state index contributed by atoms with van der Waals surface area (Å²) in [5.74, 6) is -0.533. The lowest BCUT2D eigenvalue weighted by Crippen LogP contribution is -2.11. The van der Waals surface area contributed by atoms with Crippen LogP contribution < -0.4 is 0 Å². The molecule has 0 bridgehead atoms. The quantitative estimate of drug-likeness (QED) is 0.327. The second kappa shape index (κ2) is 5.46. The van der Waals surface area contributed by atoms with Crippen LogP contribution >= 0.6 is 0 Å². The second-order valence-corrected chi connectivity index (χ2v) is 1.73. The average molecular weight is 158 g/mol. The number of carbonyl (C=O) groups is 2. The number of hydrogen-bond donors (Lipinski definition) is 0. The van der Waals surface area contributed by atoms with Gasteiger partial charge in [-0.15, -0.1) is 0 Å². The third-order valence-electron chi connectivity index (χ3n) is 0.890. The summed E-state index contributed by atoms with van der Waals surface area (Å²) >= 11 is 0. The van der Waals surface area contributed by atoms with Crippen molar-refractivity contribution in [2.24, 2.45) is 0 Å². The van der Waals surface area contributed by atoms with Gasteiger partial charge in [-0.2, -0.15) is 0 Å². The normalized spacial score (nSPS) is 8.45. The van der Waals surface area contributed by atoms with E-state index in [1.54, 1.807) is 6.92 Å². The molecule has 0 aliphatic rings. The van der Waals surface area contributed by atoms with Gasteiger partial charge in [-0.3, -0.25) is 4.79 Å². The number of ether oxygens (including phenoxy) is 2. The van der Waals surface area contributed by atoms with Gasteiger partial charge in [0.25, 0.3) is 6.47 Å². The first-order valence-electron chi connectivity index (χ1n) is 3.12. The van der Waals surface area contributed by atoms with Crippen molar-refractivity contribution in [1.82, 2.24) is 0 Å². The Balaban J connectivity index is 3.64. The molecule has 0 atom stereocenters. The van der Waals surface area contributed by atoms with Gasteiger partial charge in [0.15, 0.2) is 0 Å². The summed E-state index contributed by atoms with van der Waals surface area (Å²) in [4.78, 5) is 20.4. The van der Waals surface area contributed by atoms with E-state index in [9.17, 15) is 9.59 Å². The standard InChI is InChI=1S/C7H10O4/c1-3-11-7(9)6(2)4-10-5-8/h5H,2-4H2,1H3. The maximum absolute atomic E-state index is 10.7. The van der Waals surface area contributed by atoms with Crippen molar-refractivity contribution < 1.29 is 19.1 Å². The molecular weight excluding hydrogens is 148 g/mol. The Morgan fingerprint density at radius 2 is 2.27 bits per heavy atom. The molecule has 4 heteroatoms. The molecule has 0 aromatic heterocycles. The van der Waals surface area contributed by atoms with Crippen molar-refractivity contribution in [3.8, 4) is 0 Å². The summed E-state index contributed by atoms with van der Waals surface area (Å²) < 4.78 is 8.85. The summed E-state index contributed by atoms with van der Waals surface area (Å²) in [7, 11) is 0. The molecule has 0 saturated carbocycles. The molecule has 62 valence electrons. The number of hydrogen-bond acceptors (Lipinski definition) is 4. The van der Waals surface area contributed by atoms with E-state index in [4.69, 9.17) is 0 Å². The van der Waals surface area contributed by atoms with Gasteiger partial charge in [-0.1, -0.05) is 6.58 Å². The van der Waals surface area contributed by atoms with Gasteiger partial charge < -0.3 is 9.47 Å². The van der Waals surface area contributed by atoms with Crippen LogP contribution in [-0.2, 0) is 19.1 Å². The largest absolute Gasteiger partial charge is 0.463 e. The molecule has 0 aliphatic heterocycles. The van der Waals surface area contributed by atoms with Crippen molar-refractivity contribution in [2.45, 2.75) is 6.92 Å². The molecule has 0 heterocycles. The molecule has 11 heavy (non-hydrogen) atoms. The maximum atomic E-state index is 10.7. The summed E-state index contributed by atoms with van der Waals surface area (Å²) in [5, 5.41) is 0. The molecule has 0 saturated heterocycles.